The molecule has 3 rings (SSSR count). The fraction of sp³-hybridized carbons (Fsp3) is 0. The van der Waals surface area contributed by atoms with Crippen LogP contribution >= 0.6 is 0 Å². The molecule has 0 unspecified atom stereocenters. The average molecular weight is 273 g/mol. The standard InChI is InChI=1S/C14H8FNO4/c15-8-5-6-9(13(17)18)12(7-8)20-14-16-10-3-1-2-4-11(10)19-14/h1-7H,(H,17,18). The number of carboxylic acid groups (broad SMARTS) is 1. The summed E-state index contributed by atoms with van der Waals surface area (Å²) in [5.41, 5.74) is 0.889. The van der Waals surface area contributed by atoms with E-state index in [-0.39, 0.29) is 17.4 Å². The van der Waals surface area contributed by atoms with E-state index in [4.69, 9.17) is 14.3 Å². The van der Waals surface area contributed by atoms with E-state index < -0.39 is 11.8 Å². The molecule has 0 fully saturated rings. The van der Waals surface area contributed by atoms with Crippen molar-refractivity contribution in [3.8, 4) is 11.8 Å². The van der Waals surface area contributed by atoms with Crippen LogP contribution in [0.15, 0.2) is 46.9 Å². The number of ether oxygens (including phenoxy) is 1. The lowest BCUT2D eigenvalue weighted by Gasteiger charge is -2.04. The number of oxazole rings is 1. The van der Waals surface area contributed by atoms with Gasteiger partial charge in [0.1, 0.15) is 22.6 Å². The van der Waals surface area contributed by atoms with E-state index in [1.807, 2.05) is 0 Å². The molecule has 2 aromatic carbocycles. The summed E-state index contributed by atoms with van der Waals surface area (Å²) in [6.45, 7) is 0. The van der Waals surface area contributed by atoms with Gasteiger partial charge in [-0.3, -0.25) is 0 Å². The second-order valence-electron chi connectivity index (χ2n) is 4.00. The van der Waals surface area contributed by atoms with Gasteiger partial charge in [0.15, 0.2) is 5.58 Å². The first-order valence-electron chi connectivity index (χ1n) is 5.70. The number of halogens is 1. The molecule has 1 N–H and O–H groups in total. The molecule has 20 heavy (non-hydrogen) atoms. The summed E-state index contributed by atoms with van der Waals surface area (Å²) in [6, 6.07) is 10.1. The van der Waals surface area contributed by atoms with Crippen LogP contribution in [-0.4, -0.2) is 16.1 Å². The van der Waals surface area contributed by atoms with Gasteiger partial charge >= 0.3 is 12.0 Å². The van der Waals surface area contributed by atoms with Gasteiger partial charge in [0.05, 0.1) is 0 Å². The van der Waals surface area contributed by atoms with Gasteiger partial charge in [-0.2, -0.15) is 4.98 Å². The zero-order valence-corrected chi connectivity index (χ0v) is 10.0. The van der Waals surface area contributed by atoms with Crippen molar-refractivity contribution < 1.29 is 23.4 Å². The third kappa shape index (κ3) is 2.18. The maximum atomic E-state index is 13.2. The lowest BCUT2D eigenvalue weighted by molar-refractivity contribution is 0.0693. The number of fused-ring (bicyclic) bond motifs is 1. The molecule has 6 heteroatoms. The van der Waals surface area contributed by atoms with Crippen molar-refractivity contribution in [2.24, 2.45) is 0 Å². The summed E-state index contributed by atoms with van der Waals surface area (Å²) in [5, 5.41) is 9.02. The van der Waals surface area contributed by atoms with E-state index in [0.29, 0.717) is 11.1 Å². The zero-order chi connectivity index (χ0) is 14.1. The number of aromatic carboxylic acids is 1. The summed E-state index contributed by atoms with van der Waals surface area (Å²) in [4.78, 5) is 15.1. The largest absolute Gasteiger partial charge is 0.478 e. The minimum atomic E-state index is -1.23. The average Bonchev–Trinajstić information content (AvgIpc) is 2.80. The predicted molar refractivity (Wildman–Crippen MR) is 67.4 cm³/mol. The number of nitrogens with zero attached hydrogens (tertiary/aromatic N) is 1. The highest BCUT2D eigenvalue weighted by atomic mass is 19.1. The smallest absolute Gasteiger partial charge is 0.400 e. The summed E-state index contributed by atoms with van der Waals surface area (Å²) in [7, 11) is 0. The number of hydrogen-bond donors (Lipinski definition) is 1. The van der Waals surface area contributed by atoms with Gasteiger partial charge in [-0.25, -0.2) is 9.18 Å². The van der Waals surface area contributed by atoms with Crippen LogP contribution in [0, 0.1) is 5.82 Å². The van der Waals surface area contributed by atoms with Gasteiger partial charge in [0.25, 0.3) is 0 Å². The summed E-state index contributed by atoms with van der Waals surface area (Å²) in [6.07, 6.45) is -0.140. The maximum absolute atomic E-state index is 13.2. The molecule has 0 atom stereocenters. The van der Waals surface area contributed by atoms with Gasteiger partial charge in [-0.15, -0.1) is 0 Å². The van der Waals surface area contributed by atoms with Crippen LogP contribution in [0.1, 0.15) is 10.4 Å². The number of benzene rings is 2. The van der Waals surface area contributed by atoms with E-state index >= 15 is 0 Å². The van der Waals surface area contributed by atoms with E-state index in [9.17, 15) is 9.18 Å². The second-order valence-corrected chi connectivity index (χ2v) is 4.00. The molecule has 100 valence electrons. The Hall–Kier alpha value is -2.89. The Balaban J connectivity index is 2.01. The maximum Gasteiger partial charge on any atom is 0.400 e. The van der Waals surface area contributed by atoms with E-state index in [1.165, 1.54) is 0 Å². The van der Waals surface area contributed by atoms with Crippen LogP contribution in [0.2, 0.25) is 0 Å². The van der Waals surface area contributed by atoms with Crippen LogP contribution in [0.5, 0.6) is 11.8 Å². The summed E-state index contributed by atoms with van der Waals surface area (Å²) >= 11 is 0. The lowest BCUT2D eigenvalue weighted by Crippen LogP contribution is -2.00. The number of rotatable bonds is 3. The van der Waals surface area contributed by atoms with Gasteiger partial charge in [0.2, 0.25) is 0 Å². The molecule has 0 aliphatic rings. The molecule has 0 spiro atoms. The Morgan fingerprint density at radius 2 is 2.05 bits per heavy atom. The van der Waals surface area contributed by atoms with Crippen LogP contribution in [0.4, 0.5) is 4.39 Å². The molecule has 1 heterocycles. The van der Waals surface area contributed by atoms with Crippen molar-refractivity contribution in [1.82, 2.24) is 4.98 Å². The monoisotopic (exact) mass is 273 g/mol. The van der Waals surface area contributed by atoms with Crippen molar-refractivity contribution in [3.05, 3.63) is 53.8 Å². The molecule has 0 radical (unpaired) electrons. The molecule has 0 amide bonds. The molecular weight excluding hydrogens is 265 g/mol. The van der Waals surface area contributed by atoms with Crippen molar-refractivity contribution in [2.75, 3.05) is 0 Å². The molecule has 0 aliphatic heterocycles. The van der Waals surface area contributed by atoms with Crippen molar-refractivity contribution in [2.45, 2.75) is 0 Å². The number of carboxylic acids is 1. The minimum absolute atomic E-state index is 0.140. The third-order valence-electron chi connectivity index (χ3n) is 2.65. The van der Waals surface area contributed by atoms with Crippen molar-refractivity contribution in [3.63, 3.8) is 0 Å². The normalized spacial score (nSPS) is 10.7. The van der Waals surface area contributed by atoms with Gasteiger partial charge in [0, 0.05) is 6.07 Å². The van der Waals surface area contributed by atoms with E-state index in [0.717, 1.165) is 18.2 Å². The quantitative estimate of drug-likeness (QED) is 0.791. The molecule has 0 aliphatic carbocycles. The van der Waals surface area contributed by atoms with Crippen LogP contribution in [-0.2, 0) is 0 Å². The number of para-hydroxylation sites is 2. The first-order chi connectivity index (χ1) is 9.63. The second kappa shape index (κ2) is 4.65. The van der Waals surface area contributed by atoms with Gasteiger partial charge in [-0.05, 0) is 24.3 Å². The van der Waals surface area contributed by atoms with Crippen molar-refractivity contribution >= 4 is 17.1 Å². The van der Waals surface area contributed by atoms with Gasteiger partial charge in [-0.1, -0.05) is 12.1 Å². The Kier molecular flexibility index (Phi) is 2.83. The van der Waals surface area contributed by atoms with Gasteiger partial charge < -0.3 is 14.3 Å². The molecule has 3 aromatic rings. The highest BCUT2D eigenvalue weighted by molar-refractivity contribution is 5.90. The Morgan fingerprint density at radius 1 is 1.25 bits per heavy atom. The minimum Gasteiger partial charge on any atom is -0.478 e. The zero-order valence-electron chi connectivity index (χ0n) is 10.0. The fourth-order valence-electron chi connectivity index (χ4n) is 1.75. The number of aromatic nitrogens is 1. The topological polar surface area (TPSA) is 72.6 Å². The molecule has 0 saturated carbocycles. The number of carbonyl (C=O) groups is 1. The van der Waals surface area contributed by atoms with Crippen LogP contribution < -0.4 is 4.74 Å². The van der Waals surface area contributed by atoms with Crippen LogP contribution in [0.25, 0.3) is 11.1 Å². The first-order valence-corrected chi connectivity index (χ1v) is 5.70. The molecule has 1 aromatic heterocycles. The first kappa shape index (κ1) is 12.2. The molecule has 0 bridgehead atoms. The fourth-order valence-corrected chi connectivity index (χ4v) is 1.75. The molecular formula is C14H8FNO4. The Bertz CT molecular complexity index is 764. The third-order valence-corrected chi connectivity index (χ3v) is 2.65. The number of hydrogen-bond acceptors (Lipinski definition) is 4. The van der Waals surface area contributed by atoms with E-state index in [2.05, 4.69) is 4.98 Å². The highest BCUT2D eigenvalue weighted by Gasteiger charge is 2.15. The summed E-state index contributed by atoms with van der Waals surface area (Å²) in [5.74, 6) is -2.00. The van der Waals surface area contributed by atoms with Crippen LogP contribution in [0.3, 0.4) is 0 Å². The highest BCUT2D eigenvalue weighted by Crippen LogP contribution is 2.28. The predicted octanol–water partition coefficient (Wildman–Crippen LogP) is 3.46. The summed E-state index contributed by atoms with van der Waals surface area (Å²) < 4.78 is 23.7. The Labute approximate surface area is 112 Å². The SMILES string of the molecule is O=C(O)c1ccc(F)cc1Oc1nc2ccccc2o1. The van der Waals surface area contributed by atoms with Crippen molar-refractivity contribution in [1.29, 1.82) is 0 Å². The molecule has 0 saturated heterocycles. The van der Waals surface area contributed by atoms with E-state index in [1.54, 1.807) is 24.3 Å². The Morgan fingerprint density at radius 3 is 2.80 bits per heavy atom. The molecule has 5 nitrogen and oxygen atoms in total. The lowest BCUT2D eigenvalue weighted by atomic mass is 10.2.